The Bertz CT molecular complexity index is 510. The summed E-state index contributed by atoms with van der Waals surface area (Å²) in [6, 6.07) is 6.46. The third kappa shape index (κ3) is 2.60. The molecule has 4 heteroatoms. The Morgan fingerprint density at radius 3 is 2.50 bits per heavy atom. The zero-order valence-electron chi connectivity index (χ0n) is 11.1. The highest BCUT2D eigenvalue weighted by Crippen LogP contribution is 2.22. The van der Waals surface area contributed by atoms with Crippen molar-refractivity contribution in [1.82, 2.24) is 15.2 Å². The Morgan fingerprint density at radius 2 is 2.00 bits per heavy atom. The van der Waals surface area contributed by atoms with E-state index in [0.29, 0.717) is 0 Å². The predicted molar refractivity (Wildman–Crippen MR) is 72.9 cm³/mol. The summed E-state index contributed by atoms with van der Waals surface area (Å²) in [5.74, 6) is 5.68. The van der Waals surface area contributed by atoms with Gasteiger partial charge in [0.05, 0.1) is 12.2 Å². The highest BCUT2D eigenvalue weighted by molar-refractivity contribution is 5.35. The van der Waals surface area contributed by atoms with Gasteiger partial charge in [-0.25, -0.2) is 0 Å². The van der Waals surface area contributed by atoms with E-state index < -0.39 is 0 Å². The first-order chi connectivity index (χ1) is 8.61. The topological polar surface area (TPSA) is 55.9 Å². The Labute approximate surface area is 108 Å². The Kier molecular flexibility index (Phi) is 3.79. The van der Waals surface area contributed by atoms with E-state index in [-0.39, 0.29) is 6.04 Å². The van der Waals surface area contributed by atoms with Crippen LogP contribution in [0, 0.1) is 13.8 Å². The summed E-state index contributed by atoms with van der Waals surface area (Å²) in [5.41, 5.74) is 7.96. The second-order valence-electron chi connectivity index (χ2n) is 4.74. The molecule has 0 bridgehead atoms. The van der Waals surface area contributed by atoms with Crippen LogP contribution in [0.2, 0.25) is 0 Å². The quantitative estimate of drug-likeness (QED) is 0.637. The number of benzene rings is 1. The second kappa shape index (κ2) is 5.33. The summed E-state index contributed by atoms with van der Waals surface area (Å²) in [6.07, 6.45) is 4.73. The van der Waals surface area contributed by atoms with Crippen LogP contribution in [0.25, 0.3) is 0 Å². The molecule has 1 aromatic heterocycles. The summed E-state index contributed by atoms with van der Waals surface area (Å²) in [4.78, 5) is 0. The molecule has 1 atom stereocenters. The number of hydrogen-bond acceptors (Lipinski definition) is 3. The average Bonchev–Trinajstić information content (AvgIpc) is 2.76. The van der Waals surface area contributed by atoms with Gasteiger partial charge in [0.1, 0.15) is 0 Å². The van der Waals surface area contributed by atoms with Gasteiger partial charge in [-0.3, -0.25) is 16.0 Å². The Balaban J connectivity index is 2.26. The number of hydrazine groups is 1. The van der Waals surface area contributed by atoms with Crippen LogP contribution in [0.3, 0.4) is 0 Å². The van der Waals surface area contributed by atoms with Gasteiger partial charge >= 0.3 is 0 Å². The van der Waals surface area contributed by atoms with E-state index in [9.17, 15) is 0 Å². The third-order valence-corrected chi connectivity index (χ3v) is 3.38. The molecule has 0 spiro atoms. The van der Waals surface area contributed by atoms with Crippen molar-refractivity contribution >= 4 is 0 Å². The first-order valence-electron chi connectivity index (χ1n) is 6.11. The molecular formula is C14H20N4. The van der Waals surface area contributed by atoms with Crippen molar-refractivity contribution in [1.29, 1.82) is 0 Å². The van der Waals surface area contributed by atoms with Crippen molar-refractivity contribution in [3.63, 3.8) is 0 Å². The van der Waals surface area contributed by atoms with Crippen LogP contribution in [0.15, 0.2) is 30.6 Å². The molecule has 18 heavy (non-hydrogen) atoms. The highest BCUT2D eigenvalue weighted by Gasteiger charge is 2.14. The van der Waals surface area contributed by atoms with E-state index in [1.807, 2.05) is 19.4 Å². The molecular weight excluding hydrogens is 224 g/mol. The Morgan fingerprint density at radius 1 is 1.33 bits per heavy atom. The molecule has 0 amide bonds. The zero-order valence-corrected chi connectivity index (χ0v) is 11.1. The van der Waals surface area contributed by atoms with Crippen molar-refractivity contribution in [3.05, 3.63) is 52.8 Å². The smallest absolute Gasteiger partial charge is 0.0538 e. The molecule has 0 fully saturated rings. The molecule has 0 saturated carbocycles. The summed E-state index contributed by atoms with van der Waals surface area (Å²) in [5, 5.41) is 4.19. The SMILES string of the molecule is Cc1cccc(C)c1CC(NN)c1cnn(C)c1. The zero-order chi connectivity index (χ0) is 13.1. The van der Waals surface area contributed by atoms with Crippen LogP contribution in [0.4, 0.5) is 0 Å². The molecule has 0 radical (unpaired) electrons. The van der Waals surface area contributed by atoms with Gasteiger partial charge in [0.15, 0.2) is 0 Å². The van der Waals surface area contributed by atoms with Crippen LogP contribution >= 0.6 is 0 Å². The van der Waals surface area contributed by atoms with Gasteiger partial charge in [0.25, 0.3) is 0 Å². The molecule has 2 rings (SSSR count). The van der Waals surface area contributed by atoms with Gasteiger partial charge in [0.2, 0.25) is 0 Å². The predicted octanol–water partition coefficient (Wildman–Crippen LogP) is 1.78. The van der Waals surface area contributed by atoms with Crippen molar-refractivity contribution in [2.24, 2.45) is 12.9 Å². The number of nitrogens with one attached hydrogen (secondary N) is 1. The van der Waals surface area contributed by atoms with E-state index in [1.54, 1.807) is 4.68 Å². The molecule has 0 aliphatic rings. The number of hydrogen-bond donors (Lipinski definition) is 2. The van der Waals surface area contributed by atoms with E-state index in [0.717, 1.165) is 12.0 Å². The maximum Gasteiger partial charge on any atom is 0.0538 e. The molecule has 0 aliphatic heterocycles. The molecule has 3 N–H and O–H groups in total. The van der Waals surface area contributed by atoms with Gasteiger partial charge < -0.3 is 0 Å². The van der Waals surface area contributed by atoms with Crippen LogP contribution in [-0.4, -0.2) is 9.78 Å². The maximum absolute atomic E-state index is 5.68. The highest BCUT2D eigenvalue weighted by atomic mass is 15.3. The van der Waals surface area contributed by atoms with Crippen LogP contribution in [0.5, 0.6) is 0 Å². The van der Waals surface area contributed by atoms with Gasteiger partial charge in [-0.1, -0.05) is 18.2 Å². The fourth-order valence-electron chi connectivity index (χ4n) is 2.27. The molecule has 2 aromatic rings. The monoisotopic (exact) mass is 244 g/mol. The molecule has 96 valence electrons. The normalized spacial score (nSPS) is 12.7. The first kappa shape index (κ1) is 12.8. The maximum atomic E-state index is 5.68. The summed E-state index contributed by atoms with van der Waals surface area (Å²) < 4.78 is 1.80. The Hall–Kier alpha value is -1.65. The molecule has 0 saturated heterocycles. The summed E-state index contributed by atoms with van der Waals surface area (Å²) in [6.45, 7) is 4.28. The lowest BCUT2D eigenvalue weighted by atomic mass is 9.94. The fraction of sp³-hybridized carbons (Fsp3) is 0.357. The standard InChI is InChI=1S/C14H20N4/c1-10-5-4-6-11(2)13(10)7-14(17-15)12-8-16-18(3)9-12/h4-6,8-9,14,17H,7,15H2,1-3H3. The fourth-order valence-corrected chi connectivity index (χ4v) is 2.27. The minimum atomic E-state index is 0.0958. The second-order valence-corrected chi connectivity index (χ2v) is 4.74. The number of nitrogens with zero attached hydrogens (tertiary/aromatic N) is 2. The largest absolute Gasteiger partial charge is 0.275 e. The molecule has 1 aromatic carbocycles. The minimum absolute atomic E-state index is 0.0958. The van der Waals surface area contributed by atoms with E-state index in [4.69, 9.17) is 5.84 Å². The summed E-state index contributed by atoms with van der Waals surface area (Å²) >= 11 is 0. The third-order valence-electron chi connectivity index (χ3n) is 3.38. The lowest BCUT2D eigenvalue weighted by molar-refractivity contribution is 0.549. The number of nitrogens with two attached hydrogens (primary N) is 1. The van der Waals surface area contributed by atoms with Crippen molar-refractivity contribution in [2.75, 3.05) is 0 Å². The van der Waals surface area contributed by atoms with Gasteiger partial charge in [-0.15, -0.1) is 0 Å². The van der Waals surface area contributed by atoms with E-state index >= 15 is 0 Å². The van der Waals surface area contributed by atoms with Crippen molar-refractivity contribution < 1.29 is 0 Å². The number of aryl methyl sites for hydroxylation is 3. The van der Waals surface area contributed by atoms with E-state index in [2.05, 4.69) is 42.6 Å². The molecule has 1 unspecified atom stereocenters. The molecule has 1 heterocycles. The lowest BCUT2D eigenvalue weighted by Crippen LogP contribution is -2.29. The lowest BCUT2D eigenvalue weighted by Gasteiger charge is -2.17. The number of rotatable bonds is 4. The van der Waals surface area contributed by atoms with E-state index in [1.165, 1.54) is 16.7 Å². The van der Waals surface area contributed by atoms with Crippen molar-refractivity contribution in [3.8, 4) is 0 Å². The van der Waals surface area contributed by atoms with Gasteiger partial charge in [0, 0.05) is 18.8 Å². The van der Waals surface area contributed by atoms with Crippen molar-refractivity contribution in [2.45, 2.75) is 26.3 Å². The first-order valence-corrected chi connectivity index (χ1v) is 6.11. The van der Waals surface area contributed by atoms with Crippen LogP contribution in [0.1, 0.15) is 28.3 Å². The molecule has 4 nitrogen and oxygen atoms in total. The van der Waals surface area contributed by atoms with Crippen LogP contribution < -0.4 is 11.3 Å². The van der Waals surface area contributed by atoms with Gasteiger partial charge in [-0.2, -0.15) is 5.10 Å². The van der Waals surface area contributed by atoms with Gasteiger partial charge in [-0.05, 0) is 37.0 Å². The number of aromatic nitrogens is 2. The molecule has 0 aliphatic carbocycles. The summed E-state index contributed by atoms with van der Waals surface area (Å²) in [7, 11) is 1.91. The average molecular weight is 244 g/mol. The van der Waals surface area contributed by atoms with Crippen LogP contribution in [-0.2, 0) is 13.5 Å². The minimum Gasteiger partial charge on any atom is -0.275 e.